The van der Waals surface area contributed by atoms with Gasteiger partial charge in [0, 0.05) is 5.56 Å². The van der Waals surface area contributed by atoms with Gasteiger partial charge in [-0.05, 0) is 48.9 Å². The van der Waals surface area contributed by atoms with Gasteiger partial charge in [-0.25, -0.2) is 0 Å². The van der Waals surface area contributed by atoms with Crippen LogP contribution in [0.3, 0.4) is 0 Å². The van der Waals surface area contributed by atoms with E-state index in [0.717, 1.165) is 11.1 Å². The first-order valence-electron chi connectivity index (χ1n) is 6.72. The molecule has 0 aliphatic carbocycles. The van der Waals surface area contributed by atoms with Gasteiger partial charge in [0.2, 0.25) is 0 Å². The average Bonchev–Trinajstić information content (AvgIpc) is 2.87. The molecule has 3 N–H and O–H groups in total. The molecule has 6 nitrogen and oxygen atoms in total. The molecule has 0 atom stereocenters. The van der Waals surface area contributed by atoms with Gasteiger partial charge in [0.05, 0.1) is 11.4 Å². The number of rotatable bonds is 3. The number of phenolic OH excluding ortho intramolecular Hbond substituents is 1. The summed E-state index contributed by atoms with van der Waals surface area (Å²) in [5, 5.41) is 22.8. The molecule has 3 rings (SSSR count). The van der Waals surface area contributed by atoms with E-state index >= 15 is 0 Å². The molecule has 1 heterocycles. The van der Waals surface area contributed by atoms with Crippen LogP contribution in [0.1, 0.15) is 5.56 Å². The van der Waals surface area contributed by atoms with Crippen LogP contribution in [0.4, 0.5) is 11.4 Å². The average molecular weight is 294 g/mol. The molecule has 0 aliphatic rings. The van der Waals surface area contributed by atoms with Crippen LogP contribution >= 0.6 is 0 Å². The van der Waals surface area contributed by atoms with Crippen LogP contribution in [0.2, 0.25) is 0 Å². The second kappa shape index (κ2) is 5.69. The SMILES string of the molecule is Cc1cccc(N=Nc2c(-c3ccc(O)cc3)[nH][nH]c2=O)c1. The second-order valence-electron chi connectivity index (χ2n) is 4.89. The lowest BCUT2D eigenvalue weighted by atomic mass is 10.1. The highest BCUT2D eigenvalue weighted by Gasteiger charge is 2.11. The van der Waals surface area contributed by atoms with Crippen LogP contribution in [-0.4, -0.2) is 15.3 Å². The minimum atomic E-state index is -0.348. The first-order valence-corrected chi connectivity index (χ1v) is 6.72. The first-order chi connectivity index (χ1) is 10.6. The van der Waals surface area contributed by atoms with Crippen LogP contribution in [0.5, 0.6) is 5.75 Å². The van der Waals surface area contributed by atoms with Crippen LogP contribution < -0.4 is 5.56 Å². The van der Waals surface area contributed by atoms with Crippen LogP contribution in [0, 0.1) is 6.92 Å². The zero-order valence-corrected chi connectivity index (χ0v) is 11.9. The predicted molar refractivity (Wildman–Crippen MR) is 83.9 cm³/mol. The van der Waals surface area contributed by atoms with E-state index in [-0.39, 0.29) is 17.0 Å². The Kier molecular flexibility index (Phi) is 3.57. The lowest BCUT2D eigenvalue weighted by Gasteiger charge is -1.99. The third-order valence-electron chi connectivity index (χ3n) is 3.18. The van der Waals surface area contributed by atoms with Gasteiger partial charge in [-0.15, -0.1) is 5.11 Å². The van der Waals surface area contributed by atoms with E-state index in [1.54, 1.807) is 24.3 Å². The summed E-state index contributed by atoms with van der Waals surface area (Å²) < 4.78 is 0. The number of nitrogens with zero attached hydrogens (tertiary/aromatic N) is 2. The molecule has 0 unspecified atom stereocenters. The number of aromatic hydroxyl groups is 1. The van der Waals surface area contributed by atoms with Crippen molar-refractivity contribution in [3.63, 3.8) is 0 Å². The zero-order valence-electron chi connectivity index (χ0n) is 11.9. The molecule has 0 fully saturated rings. The Morgan fingerprint density at radius 1 is 1.00 bits per heavy atom. The van der Waals surface area contributed by atoms with Crippen molar-refractivity contribution < 1.29 is 5.11 Å². The van der Waals surface area contributed by atoms with Gasteiger partial charge < -0.3 is 5.11 Å². The summed E-state index contributed by atoms with van der Waals surface area (Å²) in [6.07, 6.45) is 0. The van der Waals surface area contributed by atoms with Crippen molar-refractivity contribution in [2.24, 2.45) is 10.2 Å². The lowest BCUT2D eigenvalue weighted by Crippen LogP contribution is -1.96. The van der Waals surface area contributed by atoms with E-state index in [1.807, 2.05) is 31.2 Å². The van der Waals surface area contributed by atoms with E-state index in [2.05, 4.69) is 20.4 Å². The number of nitrogens with one attached hydrogen (secondary N) is 2. The largest absolute Gasteiger partial charge is 0.508 e. The Balaban J connectivity index is 1.99. The van der Waals surface area contributed by atoms with E-state index in [0.29, 0.717) is 11.4 Å². The number of benzene rings is 2. The summed E-state index contributed by atoms with van der Waals surface area (Å²) in [5.41, 5.74) is 2.86. The molecule has 1 aromatic heterocycles. The number of phenols is 1. The summed E-state index contributed by atoms with van der Waals surface area (Å²) in [4.78, 5) is 11.9. The quantitative estimate of drug-likeness (QED) is 0.641. The Hall–Kier alpha value is -3.15. The molecule has 3 aromatic rings. The number of H-pyrrole nitrogens is 2. The monoisotopic (exact) mass is 294 g/mol. The maximum atomic E-state index is 11.9. The molecule has 0 spiro atoms. The fourth-order valence-corrected chi connectivity index (χ4v) is 2.08. The highest BCUT2D eigenvalue weighted by Crippen LogP contribution is 2.27. The van der Waals surface area contributed by atoms with Crippen molar-refractivity contribution in [1.82, 2.24) is 10.2 Å². The fourth-order valence-electron chi connectivity index (χ4n) is 2.08. The third-order valence-corrected chi connectivity index (χ3v) is 3.18. The number of aryl methyl sites for hydroxylation is 1. The number of azo groups is 1. The molecule has 0 saturated heterocycles. The zero-order chi connectivity index (χ0) is 15.5. The van der Waals surface area contributed by atoms with Crippen molar-refractivity contribution in [1.29, 1.82) is 0 Å². The molecule has 0 amide bonds. The second-order valence-corrected chi connectivity index (χ2v) is 4.89. The first kappa shape index (κ1) is 13.8. The van der Waals surface area contributed by atoms with Crippen molar-refractivity contribution >= 4 is 11.4 Å². The van der Waals surface area contributed by atoms with Crippen molar-refractivity contribution in [2.75, 3.05) is 0 Å². The Bertz CT molecular complexity index is 876. The molecule has 0 radical (unpaired) electrons. The van der Waals surface area contributed by atoms with E-state index in [1.165, 1.54) is 0 Å². The third kappa shape index (κ3) is 2.80. The van der Waals surface area contributed by atoms with Gasteiger partial charge in [-0.2, -0.15) is 5.11 Å². The van der Waals surface area contributed by atoms with Crippen molar-refractivity contribution in [3.05, 3.63) is 64.4 Å². The van der Waals surface area contributed by atoms with Crippen molar-refractivity contribution in [2.45, 2.75) is 6.92 Å². The molecule has 0 aliphatic heterocycles. The summed E-state index contributed by atoms with van der Waals surface area (Å²) >= 11 is 0. The molecule has 0 bridgehead atoms. The van der Waals surface area contributed by atoms with Crippen LogP contribution in [-0.2, 0) is 0 Å². The normalized spacial score (nSPS) is 11.1. The highest BCUT2D eigenvalue weighted by molar-refractivity contribution is 5.71. The fraction of sp³-hybridized carbons (Fsp3) is 0.0625. The molecule has 2 aromatic carbocycles. The van der Waals surface area contributed by atoms with Gasteiger partial charge in [0.25, 0.3) is 5.56 Å². The predicted octanol–water partition coefficient (Wildman–Crippen LogP) is 3.80. The number of hydrogen-bond acceptors (Lipinski definition) is 4. The Morgan fingerprint density at radius 3 is 2.50 bits per heavy atom. The maximum absolute atomic E-state index is 11.9. The lowest BCUT2D eigenvalue weighted by molar-refractivity contribution is 0.475. The van der Waals surface area contributed by atoms with Crippen LogP contribution in [0.25, 0.3) is 11.3 Å². The van der Waals surface area contributed by atoms with Crippen LogP contribution in [0.15, 0.2) is 63.6 Å². The van der Waals surface area contributed by atoms with Gasteiger partial charge >= 0.3 is 0 Å². The van der Waals surface area contributed by atoms with Gasteiger partial charge in [0.15, 0.2) is 5.69 Å². The molecule has 110 valence electrons. The van der Waals surface area contributed by atoms with Crippen molar-refractivity contribution in [3.8, 4) is 17.0 Å². The summed E-state index contributed by atoms with van der Waals surface area (Å²) in [6.45, 7) is 1.96. The standard InChI is InChI=1S/C16H14N4O2/c1-10-3-2-4-12(9-10)17-19-15-14(18-20-16(15)22)11-5-7-13(21)8-6-11/h2-9,21H,1H3,(H2,18,20,22). The number of hydrogen-bond donors (Lipinski definition) is 3. The highest BCUT2D eigenvalue weighted by atomic mass is 16.3. The molecular formula is C16H14N4O2. The maximum Gasteiger partial charge on any atom is 0.292 e. The molecular weight excluding hydrogens is 280 g/mol. The molecule has 22 heavy (non-hydrogen) atoms. The van der Waals surface area contributed by atoms with Gasteiger partial charge in [-0.3, -0.25) is 15.0 Å². The summed E-state index contributed by atoms with van der Waals surface area (Å²) in [5.74, 6) is 0.157. The summed E-state index contributed by atoms with van der Waals surface area (Å²) in [7, 11) is 0. The smallest absolute Gasteiger partial charge is 0.292 e. The minimum absolute atomic E-state index is 0.157. The topological polar surface area (TPSA) is 93.6 Å². The minimum Gasteiger partial charge on any atom is -0.508 e. The van der Waals surface area contributed by atoms with E-state index < -0.39 is 0 Å². The number of aromatic amines is 2. The van der Waals surface area contributed by atoms with Gasteiger partial charge in [-0.1, -0.05) is 12.1 Å². The molecule has 0 saturated carbocycles. The van der Waals surface area contributed by atoms with Gasteiger partial charge in [0.1, 0.15) is 5.75 Å². The van der Waals surface area contributed by atoms with E-state index in [9.17, 15) is 9.90 Å². The number of aromatic nitrogens is 2. The van der Waals surface area contributed by atoms with E-state index in [4.69, 9.17) is 0 Å². The Morgan fingerprint density at radius 2 is 1.77 bits per heavy atom. The Labute approximate surface area is 126 Å². The molecule has 6 heteroatoms. The summed E-state index contributed by atoms with van der Waals surface area (Å²) in [6, 6.07) is 14.0.